The Morgan fingerprint density at radius 3 is 3.12 bits per heavy atom. The number of amides is 1. The topological polar surface area (TPSA) is 51.7 Å². The molecule has 1 aromatic heterocycles. The van der Waals surface area contributed by atoms with Gasteiger partial charge in [-0.15, -0.1) is 0 Å². The lowest BCUT2D eigenvalue weighted by molar-refractivity contribution is -0.167. The fourth-order valence-corrected chi connectivity index (χ4v) is 4.17. The zero-order valence-electron chi connectivity index (χ0n) is 15.3. The third-order valence-electron chi connectivity index (χ3n) is 5.56. The highest BCUT2D eigenvalue weighted by atomic mass is 16.5. The second kappa shape index (κ2) is 7.33. The molecule has 2 saturated heterocycles. The molecule has 2 fully saturated rings. The molecule has 5 heteroatoms. The molecule has 1 spiro atoms. The number of carbonyl (C=O) groups is 1. The van der Waals surface area contributed by atoms with Crippen molar-refractivity contribution in [3.05, 3.63) is 42.1 Å². The Balaban J connectivity index is 1.37. The molecule has 0 unspecified atom stereocenters. The number of aromatic nitrogens is 1. The fraction of sp³-hybridized carbons (Fsp3) is 0.524. The van der Waals surface area contributed by atoms with Gasteiger partial charge in [-0.2, -0.15) is 0 Å². The third-order valence-corrected chi connectivity index (χ3v) is 5.56. The van der Waals surface area contributed by atoms with Gasteiger partial charge in [0.05, 0.1) is 18.6 Å². The highest BCUT2D eigenvalue weighted by molar-refractivity contribution is 5.98. The SMILES string of the molecule is CCOCC[C@H]1CCOC2(C1)CN(C(=O)c1ccc3ncccc3c1)C2. The van der Waals surface area contributed by atoms with Crippen LogP contribution in [0.1, 0.15) is 36.5 Å². The number of nitrogens with zero attached hydrogens (tertiary/aromatic N) is 2. The molecule has 3 heterocycles. The van der Waals surface area contributed by atoms with Crippen molar-refractivity contribution in [1.29, 1.82) is 0 Å². The van der Waals surface area contributed by atoms with Gasteiger partial charge in [-0.3, -0.25) is 9.78 Å². The quantitative estimate of drug-likeness (QED) is 0.773. The largest absolute Gasteiger partial charge is 0.382 e. The van der Waals surface area contributed by atoms with Crippen LogP contribution in [0.4, 0.5) is 0 Å². The van der Waals surface area contributed by atoms with E-state index in [2.05, 4.69) is 4.98 Å². The summed E-state index contributed by atoms with van der Waals surface area (Å²) in [6.45, 7) is 5.82. The number of hydrogen-bond acceptors (Lipinski definition) is 4. The lowest BCUT2D eigenvalue weighted by atomic mass is 9.79. The Labute approximate surface area is 154 Å². The number of rotatable bonds is 5. The molecule has 2 aliphatic rings. The summed E-state index contributed by atoms with van der Waals surface area (Å²) in [6.07, 6.45) is 4.99. The highest BCUT2D eigenvalue weighted by Crippen LogP contribution is 2.38. The molecule has 0 bridgehead atoms. The predicted molar refractivity (Wildman–Crippen MR) is 100 cm³/mol. The smallest absolute Gasteiger partial charge is 0.254 e. The molecule has 1 amide bonds. The third kappa shape index (κ3) is 3.46. The molecule has 138 valence electrons. The maximum atomic E-state index is 12.8. The minimum absolute atomic E-state index is 0.0846. The molecular formula is C21H26N2O3. The number of ether oxygens (including phenoxy) is 2. The Bertz CT molecular complexity index is 786. The van der Waals surface area contributed by atoms with E-state index < -0.39 is 0 Å². The van der Waals surface area contributed by atoms with Gasteiger partial charge in [-0.1, -0.05) is 6.07 Å². The predicted octanol–water partition coefficient (Wildman–Crippen LogP) is 3.28. The van der Waals surface area contributed by atoms with E-state index in [9.17, 15) is 4.79 Å². The maximum absolute atomic E-state index is 12.8. The lowest BCUT2D eigenvalue weighted by Gasteiger charge is -2.53. The molecule has 0 radical (unpaired) electrons. The standard InChI is InChI=1S/C21H26N2O3/c1-2-25-10-7-16-8-11-26-21(13-16)14-23(15-21)20(24)18-5-6-19-17(12-18)4-3-9-22-19/h3-6,9,12,16H,2,7-8,10-11,13-15H2,1H3/t16-/m0/s1. The number of hydrogen-bond donors (Lipinski definition) is 0. The van der Waals surface area contributed by atoms with Crippen LogP contribution < -0.4 is 0 Å². The molecule has 4 rings (SSSR count). The van der Waals surface area contributed by atoms with E-state index in [-0.39, 0.29) is 11.5 Å². The second-order valence-corrected chi connectivity index (χ2v) is 7.45. The van der Waals surface area contributed by atoms with E-state index in [0.717, 1.165) is 55.5 Å². The first-order valence-corrected chi connectivity index (χ1v) is 9.55. The monoisotopic (exact) mass is 354 g/mol. The summed E-state index contributed by atoms with van der Waals surface area (Å²) in [6, 6.07) is 9.61. The van der Waals surface area contributed by atoms with Crippen LogP contribution in [0.2, 0.25) is 0 Å². The van der Waals surface area contributed by atoms with Gasteiger partial charge in [0.15, 0.2) is 0 Å². The summed E-state index contributed by atoms with van der Waals surface area (Å²) < 4.78 is 11.6. The second-order valence-electron chi connectivity index (χ2n) is 7.45. The van der Waals surface area contributed by atoms with Gasteiger partial charge in [-0.05, 0) is 56.4 Å². The van der Waals surface area contributed by atoms with Crippen molar-refractivity contribution < 1.29 is 14.3 Å². The average molecular weight is 354 g/mol. The Hall–Kier alpha value is -1.98. The summed E-state index contributed by atoms with van der Waals surface area (Å²) in [7, 11) is 0. The number of likely N-dealkylation sites (tertiary alicyclic amines) is 1. The van der Waals surface area contributed by atoms with E-state index in [0.29, 0.717) is 19.0 Å². The molecule has 2 aromatic rings. The van der Waals surface area contributed by atoms with E-state index in [1.54, 1.807) is 6.20 Å². The van der Waals surface area contributed by atoms with Crippen LogP contribution in [-0.2, 0) is 9.47 Å². The Kier molecular flexibility index (Phi) is 4.92. The van der Waals surface area contributed by atoms with Gasteiger partial charge in [-0.25, -0.2) is 0 Å². The zero-order valence-corrected chi connectivity index (χ0v) is 15.3. The van der Waals surface area contributed by atoms with Crippen molar-refractivity contribution in [2.75, 3.05) is 32.9 Å². The van der Waals surface area contributed by atoms with E-state index in [1.165, 1.54) is 0 Å². The number of fused-ring (bicyclic) bond motifs is 1. The lowest BCUT2D eigenvalue weighted by Crippen LogP contribution is -2.66. The van der Waals surface area contributed by atoms with Crippen molar-refractivity contribution >= 4 is 16.8 Å². The van der Waals surface area contributed by atoms with Gasteiger partial charge in [0.25, 0.3) is 5.91 Å². The summed E-state index contributed by atoms with van der Waals surface area (Å²) >= 11 is 0. The first-order chi connectivity index (χ1) is 12.7. The minimum atomic E-state index is -0.136. The van der Waals surface area contributed by atoms with Crippen LogP contribution >= 0.6 is 0 Å². The van der Waals surface area contributed by atoms with Crippen LogP contribution in [0.15, 0.2) is 36.5 Å². The van der Waals surface area contributed by atoms with Gasteiger partial charge >= 0.3 is 0 Å². The first kappa shape index (κ1) is 17.4. The fourth-order valence-electron chi connectivity index (χ4n) is 4.17. The summed E-state index contributed by atoms with van der Waals surface area (Å²) in [5.74, 6) is 0.723. The molecule has 2 aliphatic heterocycles. The van der Waals surface area contributed by atoms with Crippen molar-refractivity contribution in [1.82, 2.24) is 9.88 Å². The number of benzene rings is 1. The first-order valence-electron chi connectivity index (χ1n) is 9.55. The summed E-state index contributed by atoms with van der Waals surface area (Å²) in [4.78, 5) is 19.0. The van der Waals surface area contributed by atoms with E-state index in [1.807, 2.05) is 42.2 Å². The van der Waals surface area contributed by atoms with Gasteiger partial charge in [0.2, 0.25) is 0 Å². The van der Waals surface area contributed by atoms with Crippen molar-refractivity contribution in [3.63, 3.8) is 0 Å². The maximum Gasteiger partial charge on any atom is 0.254 e. The van der Waals surface area contributed by atoms with Crippen LogP contribution in [0, 0.1) is 5.92 Å². The average Bonchev–Trinajstić information content (AvgIpc) is 2.65. The van der Waals surface area contributed by atoms with Crippen molar-refractivity contribution in [3.8, 4) is 0 Å². The molecule has 1 aromatic carbocycles. The Morgan fingerprint density at radius 2 is 2.27 bits per heavy atom. The number of pyridine rings is 1. The van der Waals surface area contributed by atoms with Crippen molar-refractivity contribution in [2.45, 2.75) is 31.8 Å². The van der Waals surface area contributed by atoms with Crippen LogP contribution in [0.5, 0.6) is 0 Å². The molecule has 0 aliphatic carbocycles. The van der Waals surface area contributed by atoms with Crippen LogP contribution in [0.3, 0.4) is 0 Å². The molecule has 26 heavy (non-hydrogen) atoms. The summed E-state index contributed by atoms with van der Waals surface area (Å²) in [5.41, 5.74) is 1.50. The van der Waals surface area contributed by atoms with Gasteiger partial charge in [0, 0.05) is 37.0 Å². The molecule has 1 atom stereocenters. The van der Waals surface area contributed by atoms with Gasteiger partial charge < -0.3 is 14.4 Å². The number of carbonyl (C=O) groups excluding carboxylic acids is 1. The van der Waals surface area contributed by atoms with E-state index in [4.69, 9.17) is 9.47 Å². The molecule has 0 saturated carbocycles. The highest BCUT2D eigenvalue weighted by Gasteiger charge is 2.49. The van der Waals surface area contributed by atoms with E-state index >= 15 is 0 Å². The summed E-state index contributed by atoms with van der Waals surface area (Å²) in [5, 5.41) is 0.999. The van der Waals surface area contributed by atoms with Crippen LogP contribution in [-0.4, -0.2) is 54.3 Å². The minimum Gasteiger partial charge on any atom is -0.382 e. The zero-order chi connectivity index (χ0) is 18.0. The Morgan fingerprint density at radius 1 is 1.38 bits per heavy atom. The molecular weight excluding hydrogens is 328 g/mol. The van der Waals surface area contributed by atoms with Crippen LogP contribution in [0.25, 0.3) is 10.9 Å². The van der Waals surface area contributed by atoms with Crippen molar-refractivity contribution in [2.24, 2.45) is 5.92 Å². The normalized spacial score (nSPS) is 21.7. The van der Waals surface area contributed by atoms with Gasteiger partial charge in [0.1, 0.15) is 5.60 Å². The molecule has 0 N–H and O–H groups in total. The molecule has 5 nitrogen and oxygen atoms in total.